The van der Waals surface area contributed by atoms with E-state index in [4.69, 9.17) is 0 Å². The molecule has 1 atom stereocenters. The van der Waals surface area contributed by atoms with Crippen molar-refractivity contribution in [2.45, 2.75) is 25.6 Å². The van der Waals surface area contributed by atoms with Crippen LogP contribution in [-0.4, -0.2) is 52.2 Å². The van der Waals surface area contributed by atoms with Crippen molar-refractivity contribution in [2.75, 3.05) is 26.2 Å². The molecule has 0 amide bonds. The Morgan fingerprint density at radius 1 is 1.07 bits per heavy atom. The number of piperazine rings is 1. The fraction of sp³-hybridized carbons (Fsp3) is 0.348. The number of aliphatic hydroxyl groups is 1. The van der Waals surface area contributed by atoms with Gasteiger partial charge in [0, 0.05) is 68.0 Å². The molecule has 4 rings (SSSR count). The Balaban J connectivity index is 1.45. The lowest BCUT2D eigenvalue weighted by atomic mass is 10.1. The zero-order chi connectivity index (χ0) is 20.2. The Morgan fingerprint density at radius 2 is 1.86 bits per heavy atom. The average Bonchev–Trinajstić information content (AvgIpc) is 2.72. The van der Waals surface area contributed by atoms with Gasteiger partial charge in [-0.1, -0.05) is 24.3 Å². The standard InChI is InChI=1S/C23H26FN3O2/c24-18-7-5-17(6-8-18)14-27-11-10-26(16-20(27)9-12-28)15-19-13-23(29)21-3-1-2-4-22(21)25-19/h1-8,13,20,28H,9-12,14-16H2,(H,25,29). The zero-order valence-corrected chi connectivity index (χ0v) is 16.4. The average molecular weight is 395 g/mol. The maximum Gasteiger partial charge on any atom is 0.189 e. The summed E-state index contributed by atoms with van der Waals surface area (Å²) in [5.74, 6) is -0.227. The Kier molecular flexibility index (Phi) is 6.04. The lowest BCUT2D eigenvalue weighted by Crippen LogP contribution is -2.52. The molecule has 29 heavy (non-hydrogen) atoms. The molecular weight excluding hydrogens is 369 g/mol. The van der Waals surface area contributed by atoms with Crippen molar-refractivity contribution in [3.8, 4) is 0 Å². The normalized spacial score (nSPS) is 18.3. The van der Waals surface area contributed by atoms with Gasteiger partial charge in [-0.2, -0.15) is 0 Å². The largest absolute Gasteiger partial charge is 0.396 e. The first-order valence-corrected chi connectivity index (χ1v) is 10.0. The fourth-order valence-corrected chi connectivity index (χ4v) is 4.13. The molecule has 0 radical (unpaired) electrons. The Bertz CT molecular complexity index is 1020. The number of hydrogen-bond acceptors (Lipinski definition) is 4. The molecule has 2 N–H and O–H groups in total. The van der Waals surface area contributed by atoms with Crippen LogP contribution in [-0.2, 0) is 13.1 Å². The minimum atomic E-state index is -0.227. The van der Waals surface area contributed by atoms with Gasteiger partial charge in [-0.3, -0.25) is 14.6 Å². The van der Waals surface area contributed by atoms with Crippen LogP contribution in [0.15, 0.2) is 59.4 Å². The monoisotopic (exact) mass is 395 g/mol. The number of pyridine rings is 1. The van der Waals surface area contributed by atoms with Gasteiger partial charge in [-0.05, 0) is 36.2 Å². The summed E-state index contributed by atoms with van der Waals surface area (Å²) in [6, 6.07) is 16.1. The van der Waals surface area contributed by atoms with Crippen molar-refractivity contribution < 1.29 is 9.50 Å². The summed E-state index contributed by atoms with van der Waals surface area (Å²) in [5, 5.41) is 10.2. The van der Waals surface area contributed by atoms with Gasteiger partial charge >= 0.3 is 0 Å². The van der Waals surface area contributed by atoms with E-state index in [0.29, 0.717) is 18.4 Å². The van der Waals surface area contributed by atoms with E-state index < -0.39 is 0 Å². The Labute approximate surface area is 169 Å². The third-order valence-electron chi connectivity index (χ3n) is 5.64. The number of rotatable bonds is 6. The molecule has 0 bridgehead atoms. The molecule has 152 valence electrons. The first-order valence-electron chi connectivity index (χ1n) is 10.0. The lowest BCUT2D eigenvalue weighted by Gasteiger charge is -2.41. The van der Waals surface area contributed by atoms with E-state index in [2.05, 4.69) is 14.8 Å². The first kappa shape index (κ1) is 19.8. The molecule has 2 aromatic carbocycles. The van der Waals surface area contributed by atoms with E-state index >= 15 is 0 Å². The number of nitrogens with zero attached hydrogens (tertiary/aromatic N) is 2. The minimum absolute atomic E-state index is 0.0382. The maximum atomic E-state index is 13.2. The smallest absolute Gasteiger partial charge is 0.189 e. The number of nitrogens with one attached hydrogen (secondary N) is 1. The Hall–Kier alpha value is -2.54. The van der Waals surface area contributed by atoms with Crippen LogP contribution in [0.3, 0.4) is 0 Å². The maximum absolute atomic E-state index is 13.2. The number of hydrogen-bond donors (Lipinski definition) is 2. The summed E-state index contributed by atoms with van der Waals surface area (Å²) in [5.41, 5.74) is 2.87. The van der Waals surface area contributed by atoms with Crippen molar-refractivity contribution in [3.63, 3.8) is 0 Å². The van der Waals surface area contributed by atoms with Crippen molar-refractivity contribution in [1.82, 2.24) is 14.8 Å². The van der Waals surface area contributed by atoms with Crippen LogP contribution in [0.5, 0.6) is 0 Å². The highest BCUT2D eigenvalue weighted by Gasteiger charge is 2.27. The number of fused-ring (bicyclic) bond motifs is 1. The van der Waals surface area contributed by atoms with Crippen LogP contribution in [0.2, 0.25) is 0 Å². The van der Waals surface area contributed by atoms with E-state index in [0.717, 1.165) is 43.0 Å². The number of para-hydroxylation sites is 1. The molecule has 1 aromatic heterocycles. The van der Waals surface area contributed by atoms with Crippen LogP contribution in [0.4, 0.5) is 4.39 Å². The summed E-state index contributed by atoms with van der Waals surface area (Å²) >= 11 is 0. The second kappa shape index (κ2) is 8.86. The summed E-state index contributed by atoms with van der Waals surface area (Å²) in [6.45, 7) is 4.09. The highest BCUT2D eigenvalue weighted by Crippen LogP contribution is 2.19. The fourth-order valence-electron chi connectivity index (χ4n) is 4.13. The molecule has 0 saturated carbocycles. The predicted octanol–water partition coefficient (Wildman–Crippen LogP) is 2.74. The first-order chi connectivity index (χ1) is 14.1. The van der Waals surface area contributed by atoms with Crippen LogP contribution < -0.4 is 5.43 Å². The SMILES string of the molecule is O=c1cc(CN2CCN(Cc3ccc(F)cc3)C(CCO)C2)[nH]c2ccccc12. The Morgan fingerprint density at radius 3 is 2.66 bits per heavy atom. The van der Waals surface area contributed by atoms with Gasteiger partial charge in [-0.15, -0.1) is 0 Å². The summed E-state index contributed by atoms with van der Waals surface area (Å²) < 4.78 is 13.2. The minimum Gasteiger partial charge on any atom is -0.396 e. The molecule has 1 saturated heterocycles. The molecule has 2 heterocycles. The molecule has 1 aliphatic heterocycles. The quantitative estimate of drug-likeness (QED) is 0.674. The van der Waals surface area contributed by atoms with E-state index in [9.17, 15) is 14.3 Å². The second-order valence-corrected chi connectivity index (χ2v) is 7.70. The van der Waals surface area contributed by atoms with Gasteiger partial charge in [-0.25, -0.2) is 4.39 Å². The van der Waals surface area contributed by atoms with E-state index in [-0.39, 0.29) is 23.9 Å². The number of aromatic amines is 1. The molecule has 1 unspecified atom stereocenters. The number of aromatic nitrogens is 1. The lowest BCUT2D eigenvalue weighted by molar-refractivity contribution is 0.0494. The van der Waals surface area contributed by atoms with Gasteiger partial charge in [0.1, 0.15) is 5.82 Å². The number of H-pyrrole nitrogens is 1. The number of halogens is 1. The van der Waals surface area contributed by atoms with Crippen LogP contribution in [0.25, 0.3) is 10.9 Å². The summed E-state index contributed by atoms with van der Waals surface area (Å²) in [4.78, 5) is 20.4. The molecule has 1 fully saturated rings. The van der Waals surface area contributed by atoms with Crippen LogP contribution in [0, 0.1) is 5.82 Å². The van der Waals surface area contributed by atoms with Crippen molar-refractivity contribution >= 4 is 10.9 Å². The van der Waals surface area contributed by atoms with Crippen LogP contribution >= 0.6 is 0 Å². The van der Waals surface area contributed by atoms with Crippen molar-refractivity contribution in [2.24, 2.45) is 0 Å². The third-order valence-corrected chi connectivity index (χ3v) is 5.64. The van der Waals surface area contributed by atoms with Crippen molar-refractivity contribution in [1.29, 1.82) is 0 Å². The van der Waals surface area contributed by atoms with Gasteiger partial charge in [0.05, 0.1) is 0 Å². The highest BCUT2D eigenvalue weighted by molar-refractivity contribution is 5.78. The van der Waals surface area contributed by atoms with Crippen molar-refractivity contribution in [3.05, 3.63) is 81.9 Å². The van der Waals surface area contributed by atoms with Gasteiger partial charge in [0.15, 0.2) is 5.43 Å². The summed E-state index contributed by atoms with van der Waals surface area (Å²) in [6.07, 6.45) is 0.686. The number of aliphatic hydroxyl groups excluding tert-OH is 1. The molecular formula is C23H26FN3O2. The molecule has 0 aliphatic carbocycles. The molecule has 6 heteroatoms. The van der Waals surface area contributed by atoms with E-state index in [1.807, 2.05) is 36.4 Å². The predicted molar refractivity (Wildman–Crippen MR) is 112 cm³/mol. The van der Waals surface area contributed by atoms with Gasteiger partial charge in [0.25, 0.3) is 0 Å². The molecule has 1 aliphatic rings. The van der Waals surface area contributed by atoms with Gasteiger partial charge in [0.2, 0.25) is 0 Å². The third kappa shape index (κ3) is 4.72. The highest BCUT2D eigenvalue weighted by atomic mass is 19.1. The van der Waals surface area contributed by atoms with Gasteiger partial charge < -0.3 is 10.1 Å². The summed E-state index contributed by atoms with van der Waals surface area (Å²) in [7, 11) is 0. The topological polar surface area (TPSA) is 59.6 Å². The van der Waals surface area contributed by atoms with Crippen LogP contribution in [0.1, 0.15) is 17.7 Å². The zero-order valence-electron chi connectivity index (χ0n) is 16.4. The molecule has 3 aromatic rings. The van der Waals surface area contributed by atoms with E-state index in [1.165, 1.54) is 12.1 Å². The number of benzene rings is 2. The second-order valence-electron chi connectivity index (χ2n) is 7.70. The van der Waals surface area contributed by atoms with E-state index in [1.54, 1.807) is 6.07 Å². The molecule has 0 spiro atoms. The molecule has 5 nitrogen and oxygen atoms in total.